The van der Waals surface area contributed by atoms with Gasteiger partial charge in [-0.05, 0) is 26.0 Å². The summed E-state index contributed by atoms with van der Waals surface area (Å²) in [7, 11) is 0. The molecule has 1 fully saturated rings. The SMILES string of the molecule is CC1(C)OC[C@H](Cn2cnc3c(NC(=O)c4ccccc4)ncnc32)O1. The first-order chi connectivity index (χ1) is 12.5. The Hall–Kier alpha value is -2.84. The summed E-state index contributed by atoms with van der Waals surface area (Å²) >= 11 is 0. The molecule has 8 nitrogen and oxygen atoms in total. The minimum atomic E-state index is -0.579. The number of amides is 1. The minimum absolute atomic E-state index is 0.0836. The van der Waals surface area contributed by atoms with Crippen molar-refractivity contribution in [3.05, 3.63) is 48.5 Å². The standard InChI is InChI=1S/C18H19N5O3/c1-18(2)25-9-13(26-18)8-23-11-21-14-15(19-10-20-16(14)23)22-17(24)12-6-4-3-5-7-12/h3-7,10-11,13H,8-9H2,1-2H3,(H,19,20,22,24)/t13-/m0/s1. The van der Waals surface area contributed by atoms with Crippen LogP contribution in [0.5, 0.6) is 0 Å². The fraction of sp³-hybridized carbons (Fsp3) is 0.333. The predicted octanol–water partition coefficient (Wildman–Crippen LogP) is 2.23. The van der Waals surface area contributed by atoms with Crippen molar-refractivity contribution in [3.8, 4) is 0 Å². The number of carbonyl (C=O) groups excluding carboxylic acids is 1. The van der Waals surface area contributed by atoms with Gasteiger partial charge < -0.3 is 19.4 Å². The van der Waals surface area contributed by atoms with E-state index in [1.807, 2.05) is 36.6 Å². The molecule has 1 atom stereocenters. The molecule has 26 heavy (non-hydrogen) atoms. The van der Waals surface area contributed by atoms with Gasteiger partial charge in [0.05, 0.1) is 19.5 Å². The van der Waals surface area contributed by atoms with Crippen LogP contribution < -0.4 is 5.32 Å². The fourth-order valence-corrected chi connectivity index (χ4v) is 2.95. The molecule has 1 aliphatic heterocycles. The highest BCUT2D eigenvalue weighted by Crippen LogP contribution is 2.25. The molecule has 0 radical (unpaired) electrons. The third kappa shape index (κ3) is 3.29. The maximum Gasteiger partial charge on any atom is 0.256 e. The van der Waals surface area contributed by atoms with Crippen LogP contribution in [-0.4, -0.2) is 43.9 Å². The van der Waals surface area contributed by atoms with Crippen LogP contribution >= 0.6 is 0 Å². The van der Waals surface area contributed by atoms with E-state index < -0.39 is 5.79 Å². The predicted molar refractivity (Wildman–Crippen MR) is 94.6 cm³/mol. The van der Waals surface area contributed by atoms with Gasteiger partial charge in [-0.3, -0.25) is 4.79 Å². The van der Waals surface area contributed by atoms with Crippen LogP contribution in [0.4, 0.5) is 5.82 Å². The lowest BCUT2D eigenvalue weighted by atomic mass is 10.2. The average molecular weight is 353 g/mol. The average Bonchev–Trinajstić information content (AvgIpc) is 3.20. The summed E-state index contributed by atoms with van der Waals surface area (Å²) in [6.45, 7) is 4.84. The second-order valence-electron chi connectivity index (χ2n) is 6.56. The Labute approximate surface area is 150 Å². The molecule has 8 heteroatoms. The summed E-state index contributed by atoms with van der Waals surface area (Å²) in [5.41, 5.74) is 1.73. The van der Waals surface area contributed by atoms with Crippen molar-refractivity contribution in [1.29, 1.82) is 0 Å². The van der Waals surface area contributed by atoms with E-state index in [2.05, 4.69) is 20.3 Å². The Kier molecular flexibility index (Phi) is 4.14. The van der Waals surface area contributed by atoms with Crippen molar-refractivity contribution in [1.82, 2.24) is 19.5 Å². The number of hydrogen-bond donors (Lipinski definition) is 1. The van der Waals surface area contributed by atoms with Crippen LogP contribution in [-0.2, 0) is 16.0 Å². The molecule has 0 unspecified atom stereocenters. The zero-order valence-electron chi connectivity index (χ0n) is 14.5. The van der Waals surface area contributed by atoms with Gasteiger partial charge in [0.25, 0.3) is 5.91 Å². The molecule has 0 aliphatic carbocycles. The van der Waals surface area contributed by atoms with Crippen LogP contribution in [0.1, 0.15) is 24.2 Å². The Morgan fingerprint density at radius 1 is 1.27 bits per heavy atom. The van der Waals surface area contributed by atoms with Gasteiger partial charge in [-0.25, -0.2) is 15.0 Å². The summed E-state index contributed by atoms with van der Waals surface area (Å²) in [4.78, 5) is 25.2. The van der Waals surface area contributed by atoms with E-state index in [0.29, 0.717) is 35.7 Å². The summed E-state index contributed by atoms with van der Waals surface area (Å²) in [5, 5.41) is 2.80. The molecular formula is C18H19N5O3. The third-order valence-corrected chi connectivity index (χ3v) is 4.14. The number of nitrogens with zero attached hydrogens (tertiary/aromatic N) is 4. The number of hydrogen-bond acceptors (Lipinski definition) is 6. The molecule has 3 aromatic rings. The lowest BCUT2D eigenvalue weighted by Crippen LogP contribution is -2.24. The number of aromatic nitrogens is 4. The van der Waals surface area contributed by atoms with Gasteiger partial charge in [-0.2, -0.15) is 0 Å². The fourth-order valence-electron chi connectivity index (χ4n) is 2.95. The first-order valence-electron chi connectivity index (χ1n) is 8.36. The second-order valence-corrected chi connectivity index (χ2v) is 6.56. The number of nitrogens with one attached hydrogen (secondary N) is 1. The Bertz CT molecular complexity index is 938. The highest BCUT2D eigenvalue weighted by atomic mass is 16.7. The van der Waals surface area contributed by atoms with E-state index in [-0.39, 0.29) is 12.0 Å². The molecule has 3 heterocycles. The van der Waals surface area contributed by atoms with Gasteiger partial charge in [-0.15, -0.1) is 0 Å². The van der Waals surface area contributed by atoms with Crippen molar-refractivity contribution < 1.29 is 14.3 Å². The van der Waals surface area contributed by atoms with Crippen LogP contribution in [0, 0.1) is 0 Å². The van der Waals surface area contributed by atoms with Gasteiger partial charge in [0.15, 0.2) is 22.8 Å². The van der Waals surface area contributed by atoms with Crippen LogP contribution in [0.25, 0.3) is 11.2 Å². The molecule has 1 N–H and O–H groups in total. The van der Waals surface area contributed by atoms with Gasteiger partial charge in [0.2, 0.25) is 0 Å². The molecule has 4 rings (SSSR count). The number of imidazole rings is 1. The molecule has 1 aliphatic rings. The molecule has 134 valence electrons. The van der Waals surface area contributed by atoms with E-state index in [1.165, 1.54) is 6.33 Å². The van der Waals surface area contributed by atoms with Crippen LogP contribution in [0.2, 0.25) is 0 Å². The number of ether oxygens (including phenoxy) is 2. The van der Waals surface area contributed by atoms with Crippen molar-refractivity contribution >= 4 is 22.9 Å². The Balaban J connectivity index is 1.56. The number of anilines is 1. The highest BCUT2D eigenvalue weighted by Gasteiger charge is 2.33. The zero-order chi connectivity index (χ0) is 18.1. The van der Waals surface area contributed by atoms with Crippen molar-refractivity contribution in [2.45, 2.75) is 32.3 Å². The molecule has 2 aromatic heterocycles. The molecule has 1 aromatic carbocycles. The largest absolute Gasteiger partial charge is 0.348 e. The van der Waals surface area contributed by atoms with Crippen molar-refractivity contribution in [2.75, 3.05) is 11.9 Å². The summed E-state index contributed by atoms with van der Waals surface area (Å²) in [5.74, 6) is -0.439. The Morgan fingerprint density at radius 2 is 2.08 bits per heavy atom. The molecule has 0 bridgehead atoms. The monoisotopic (exact) mass is 353 g/mol. The van der Waals surface area contributed by atoms with Crippen molar-refractivity contribution in [2.24, 2.45) is 0 Å². The number of benzene rings is 1. The maximum absolute atomic E-state index is 12.4. The second kappa shape index (κ2) is 6.47. The first kappa shape index (κ1) is 16.6. The topological polar surface area (TPSA) is 91.2 Å². The molecular weight excluding hydrogens is 334 g/mol. The quantitative estimate of drug-likeness (QED) is 0.773. The van der Waals surface area contributed by atoms with E-state index in [4.69, 9.17) is 9.47 Å². The van der Waals surface area contributed by atoms with E-state index >= 15 is 0 Å². The summed E-state index contributed by atoms with van der Waals surface area (Å²) in [6, 6.07) is 8.96. The Morgan fingerprint density at radius 3 is 2.81 bits per heavy atom. The zero-order valence-corrected chi connectivity index (χ0v) is 14.5. The van der Waals surface area contributed by atoms with E-state index in [0.717, 1.165) is 0 Å². The summed E-state index contributed by atoms with van der Waals surface area (Å²) in [6.07, 6.45) is 3.00. The van der Waals surface area contributed by atoms with Crippen molar-refractivity contribution in [3.63, 3.8) is 0 Å². The lowest BCUT2D eigenvalue weighted by molar-refractivity contribution is -0.139. The van der Waals surface area contributed by atoms with Gasteiger partial charge in [0, 0.05) is 5.56 Å². The van der Waals surface area contributed by atoms with E-state index in [9.17, 15) is 4.79 Å². The van der Waals surface area contributed by atoms with Gasteiger partial charge in [0.1, 0.15) is 12.4 Å². The number of rotatable bonds is 4. The highest BCUT2D eigenvalue weighted by molar-refractivity contribution is 6.06. The summed E-state index contributed by atoms with van der Waals surface area (Å²) < 4.78 is 13.3. The lowest BCUT2D eigenvalue weighted by Gasteiger charge is -2.17. The maximum atomic E-state index is 12.4. The van der Waals surface area contributed by atoms with Gasteiger partial charge in [-0.1, -0.05) is 18.2 Å². The first-order valence-corrected chi connectivity index (χ1v) is 8.36. The molecule has 1 saturated heterocycles. The molecule has 0 saturated carbocycles. The third-order valence-electron chi connectivity index (χ3n) is 4.14. The van der Waals surface area contributed by atoms with Gasteiger partial charge >= 0.3 is 0 Å². The normalized spacial score (nSPS) is 18.9. The number of carbonyl (C=O) groups is 1. The number of fused-ring (bicyclic) bond motifs is 1. The molecule has 0 spiro atoms. The molecule has 1 amide bonds. The smallest absolute Gasteiger partial charge is 0.256 e. The van der Waals surface area contributed by atoms with Crippen LogP contribution in [0.15, 0.2) is 43.0 Å². The van der Waals surface area contributed by atoms with E-state index in [1.54, 1.807) is 18.5 Å². The minimum Gasteiger partial charge on any atom is -0.348 e. The van der Waals surface area contributed by atoms with Crippen LogP contribution in [0.3, 0.4) is 0 Å².